The van der Waals surface area contributed by atoms with Gasteiger partial charge in [-0.25, -0.2) is 0 Å². The van der Waals surface area contributed by atoms with E-state index >= 15 is 0 Å². The number of nitrogens with two attached hydrogens (primary N) is 1. The lowest BCUT2D eigenvalue weighted by Crippen LogP contribution is -2.37. The smallest absolute Gasteiger partial charge is 0.305 e. The number of unbranched alkanes of at least 4 members (excludes halogenated alkanes) is 2. The largest absolute Gasteiger partial charge is 0.494 e. The van der Waals surface area contributed by atoms with Crippen LogP contribution in [0.4, 0.5) is 5.69 Å². The quantitative estimate of drug-likeness (QED) is 0.565. The summed E-state index contributed by atoms with van der Waals surface area (Å²) in [6, 6.07) is 4.89. The van der Waals surface area contributed by atoms with Crippen molar-refractivity contribution >= 4 is 23.5 Å². The molecule has 0 saturated carbocycles. The predicted octanol–water partition coefficient (Wildman–Crippen LogP) is 0.746. The van der Waals surface area contributed by atoms with Crippen LogP contribution in [-0.4, -0.2) is 49.1 Å². The molecule has 0 aromatic heterocycles. The van der Waals surface area contributed by atoms with Gasteiger partial charge in [0, 0.05) is 6.54 Å². The maximum Gasteiger partial charge on any atom is 0.305 e. The van der Waals surface area contributed by atoms with Crippen molar-refractivity contribution in [3.05, 3.63) is 23.8 Å². The number of nitrogens with one attached hydrogen (secondary N) is 1. The Morgan fingerprint density at radius 2 is 2.08 bits per heavy atom. The van der Waals surface area contributed by atoms with E-state index in [0.29, 0.717) is 30.2 Å². The van der Waals surface area contributed by atoms with Crippen LogP contribution in [0.25, 0.3) is 0 Å². The van der Waals surface area contributed by atoms with E-state index in [1.807, 2.05) is 0 Å². The number of ether oxygens (including phenoxy) is 1. The van der Waals surface area contributed by atoms with Gasteiger partial charge in [0.15, 0.2) is 0 Å². The monoisotopic (exact) mass is 349 g/mol. The maximum absolute atomic E-state index is 12.2. The minimum Gasteiger partial charge on any atom is -0.494 e. The third-order valence-corrected chi connectivity index (χ3v) is 3.87. The fraction of sp³-hybridized carbons (Fsp3) is 0.471. The second-order valence-electron chi connectivity index (χ2n) is 5.75. The summed E-state index contributed by atoms with van der Waals surface area (Å²) >= 11 is 0. The van der Waals surface area contributed by atoms with E-state index in [4.69, 9.17) is 15.6 Å². The van der Waals surface area contributed by atoms with E-state index in [0.717, 1.165) is 19.3 Å². The summed E-state index contributed by atoms with van der Waals surface area (Å²) in [5.41, 5.74) is 6.14. The lowest BCUT2D eigenvalue weighted by molar-refractivity contribution is -0.136. The molecule has 0 spiro atoms. The van der Waals surface area contributed by atoms with Gasteiger partial charge in [-0.1, -0.05) is 0 Å². The number of amides is 2. The Morgan fingerprint density at radius 3 is 2.80 bits per heavy atom. The molecule has 1 heterocycles. The molecule has 8 nitrogen and oxygen atoms in total. The topological polar surface area (TPSA) is 122 Å². The van der Waals surface area contributed by atoms with Crippen LogP contribution in [-0.2, 0) is 9.59 Å². The second kappa shape index (κ2) is 9.03. The van der Waals surface area contributed by atoms with E-state index in [9.17, 15) is 14.4 Å². The summed E-state index contributed by atoms with van der Waals surface area (Å²) in [5.74, 6) is -1.19. The van der Waals surface area contributed by atoms with Crippen molar-refractivity contribution in [1.82, 2.24) is 5.32 Å². The first kappa shape index (κ1) is 18.7. The molecule has 25 heavy (non-hydrogen) atoms. The number of carbonyl (C=O) groups excluding carboxylic acids is 2. The first-order chi connectivity index (χ1) is 12.0. The Labute approximate surface area is 145 Å². The van der Waals surface area contributed by atoms with Gasteiger partial charge in [0.2, 0.25) is 5.91 Å². The molecule has 0 fully saturated rings. The van der Waals surface area contributed by atoms with E-state index in [1.165, 1.54) is 4.90 Å². The van der Waals surface area contributed by atoms with Crippen LogP contribution in [0.15, 0.2) is 18.2 Å². The summed E-state index contributed by atoms with van der Waals surface area (Å²) in [4.78, 5) is 36.5. The van der Waals surface area contributed by atoms with E-state index in [1.54, 1.807) is 18.2 Å². The highest BCUT2D eigenvalue weighted by Crippen LogP contribution is 2.27. The molecule has 1 aromatic carbocycles. The van der Waals surface area contributed by atoms with Gasteiger partial charge >= 0.3 is 5.97 Å². The molecule has 1 aromatic rings. The van der Waals surface area contributed by atoms with Crippen LogP contribution in [0.3, 0.4) is 0 Å². The van der Waals surface area contributed by atoms with E-state index < -0.39 is 5.97 Å². The highest BCUT2D eigenvalue weighted by molar-refractivity contribution is 6.10. The van der Waals surface area contributed by atoms with Crippen LogP contribution in [0.1, 0.15) is 36.0 Å². The molecular formula is C17H23N3O5. The lowest BCUT2D eigenvalue weighted by atomic mass is 10.1. The summed E-state index contributed by atoms with van der Waals surface area (Å²) in [6.07, 6.45) is 2.58. The number of hydrogen-bond acceptors (Lipinski definition) is 5. The summed E-state index contributed by atoms with van der Waals surface area (Å²) in [7, 11) is 0. The van der Waals surface area contributed by atoms with Crippen molar-refractivity contribution < 1.29 is 24.2 Å². The molecule has 8 heteroatoms. The van der Waals surface area contributed by atoms with Crippen molar-refractivity contribution in [2.75, 3.05) is 31.1 Å². The van der Waals surface area contributed by atoms with Gasteiger partial charge in [-0.15, -0.1) is 0 Å². The van der Waals surface area contributed by atoms with E-state index in [2.05, 4.69) is 5.32 Å². The van der Waals surface area contributed by atoms with E-state index in [-0.39, 0.29) is 31.3 Å². The summed E-state index contributed by atoms with van der Waals surface area (Å²) < 4.78 is 5.65. The lowest BCUT2D eigenvalue weighted by Gasteiger charge is -2.21. The third-order valence-electron chi connectivity index (χ3n) is 3.87. The normalized spacial score (nSPS) is 13.9. The zero-order valence-electron chi connectivity index (χ0n) is 14.0. The minimum absolute atomic E-state index is 0.00934. The molecule has 0 unspecified atom stereocenters. The maximum atomic E-state index is 12.2. The van der Waals surface area contributed by atoms with Crippen LogP contribution in [0.5, 0.6) is 5.75 Å². The SMILES string of the molecule is NCCCCCOc1ccc2c(c1)C(=O)NCC(=O)N2CCC(=O)O. The van der Waals surface area contributed by atoms with Crippen molar-refractivity contribution in [3.63, 3.8) is 0 Å². The van der Waals surface area contributed by atoms with Crippen LogP contribution in [0.2, 0.25) is 0 Å². The minimum atomic E-state index is -1.00. The van der Waals surface area contributed by atoms with Crippen molar-refractivity contribution in [2.24, 2.45) is 5.73 Å². The number of rotatable bonds is 9. The van der Waals surface area contributed by atoms with Crippen LogP contribution >= 0.6 is 0 Å². The van der Waals surface area contributed by atoms with Crippen molar-refractivity contribution in [2.45, 2.75) is 25.7 Å². The van der Waals surface area contributed by atoms with Gasteiger partial charge in [0.1, 0.15) is 5.75 Å². The van der Waals surface area contributed by atoms with Crippen molar-refractivity contribution in [1.29, 1.82) is 0 Å². The van der Waals surface area contributed by atoms with Gasteiger partial charge in [-0.2, -0.15) is 0 Å². The standard InChI is InChI=1S/C17H23N3O5/c18-7-2-1-3-9-25-12-4-5-14-13(10-12)17(24)19-11-15(21)20(14)8-6-16(22)23/h4-5,10H,1-3,6-9,11,18H2,(H,19,24)(H,22,23). The zero-order chi connectivity index (χ0) is 18.2. The predicted molar refractivity (Wildman–Crippen MR) is 91.8 cm³/mol. The molecule has 1 aliphatic rings. The number of nitrogens with zero attached hydrogens (tertiary/aromatic N) is 1. The molecule has 2 rings (SSSR count). The van der Waals surface area contributed by atoms with Gasteiger partial charge in [0.25, 0.3) is 5.91 Å². The van der Waals surface area contributed by atoms with Gasteiger partial charge in [-0.3, -0.25) is 14.4 Å². The average Bonchev–Trinajstić information content (AvgIpc) is 2.70. The number of benzene rings is 1. The number of aliphatic carboxylic acids is 1. The van der Waals surface area contributed by atoms with Gasteiger partial charge in [0.05, 0.1) is 30.8 Å². The second-order valence-corrected chi connectivity index (χ2v) is 5.75. The Kier molecular flexibility index (Phi) is 6.76. The Balaban J connectivity index is 2.14. The summed E-state index contributed by atoms with van der Waals surface area (Å²) in [6.45, 7) is 1.01. The molecule has 0 aliphatic carbocycles. The molecule has 0 saturated heterocycles. The molecule has 0 atom stereocenters. The number of carboxylic acid groups (broad SMARTS) is 1. The first-order valence-electron chi connectivity index (χ1n) is 8.30. The molecule has 4 N–H and O–H groups in total. The Hall–Kier alpha value is -2.61. The van der Waals surface area contributed by atoms with Crippen molar-refractivity contribution in [3.8, 4) is 5.75 Å². The molecular weight excluding hydrogens is 326 g/mol. The number of fused-ring (bicyclic) bond motifs is 1. The highest BCUT2D eigenvalue weighted by Gasteiger charge is 2.27. The fourth-order valence-corrected chi connectivity index (χ4v) is 2.57. The highest BCUT2D eigenvalue weighted by atomic mass is 16.5. The third kappa shape index (κ3) is 5.18. The molecule has 0 radical (unpaired) electrons. The number of carboxylic acids is 1. The summed E-state index contributed by atoms with van der Waals surface area (Å²) in [5, 5.41) is 11.4. The Morgan fingerprint density at radius 1 is 1.28 bits per heavy atom. The molecule has 1 aliphatic heterocycles. The van der Waals surface area contributed by atoms with Gasteiger partial charge < -0.3 is 25.8 Å². The molecule has 136 valence electrons. The zero-order valence-corrected chi connectivity index (χ0v) is 14.0. The number of carbonyl (C=O) groups is 3. The number of hydrogen-bond donors (Lipinski definition) is 3. The Bertz CT molecular complexity index is 647. The molecule has 0 bridgehead atoms. The molecule has 2 amide bonds. The van der Waals surface area contributed by atoms with Crippen LogP contribution < -0.4 is 20.7 Å². The first-order valence-corrected chi connectivity index (χ1v) is 8.30. The fourth-order valence-electron chi connectivity index (χ4n) is 2.57. The number of anilines is 1. The average molecular weight is 349 g/mol. The van der Waals surface area contributed by atoms with Gasteiger partial charge in [-0.05, 0) is 44.0 Å². The van der Waals surface area contributed by atoms with Crippen LogP contribution in [0, 0.1) is 0 Å².